The van der Waals surface area contributed by atoms with E-state index < -0.39 is 16.1 Å². The minimum Gasteiger partial charge on any atom is -0.491 e. The average Bonchev–Trinajstić information content (AvgIpc) is 3.30. The lowest BCUT2D eigenvalue weighted by atomic mass is 9.97. The van der Waals surface area contributed by atoms with Gasteiger partial charge in [0, 0.05) is 44.0 Å². The van der Waals surface area contributed by atoms with Gasteiger partial charge in [0.25, 0.3) is 0 Å². The van der Waals surface area contributed by atoms with Crippen molar-refractivity contribution in [2.24, 2.45) is 5.92 Å². The van der Waals surface area contributed by atoms with Crippen molar-refractivity contribution < 1.29 is 32.5 Å². The Morgan fingerprint density at radius 2 is 2.03 bits per heavy atom. The van der Waals surface area contributed by atoms with Crippen LogP contribution in [0.3, 0.4) is 0 Å². The number of hydrogen-bond donors (Lipinski definition) is 2. The SMILES string of the molecule is O=C(NCC(O)COc1ccc2c(c1)OCO2)C1CCN(S(=O)(=O)c2cccnc2)CC1. The van der Waals surface area contributed by atoms with E-state index >= 15 is 0 Å². The summed E-state index contributed by atoms with van der Waals surface area (Å²) in [7, 11) is -3.61. The number of pyridine rings is 1. The monoisotopic (exact) mass is 463 g/mol. The number of amides is 1. The molecule has 2 aliphatic heterocycles. The van der Waals surface area contributed by atoms with Gasteiger partial charge >= 0.3 is 0 Å². The van der Waals surface area contributed by atoms with Gasteiger partial charge in [-0.15, -0.1) is 0 Å². The van der Waals surface area contributed by atoms with Gasteiger partial charge in [0.15, 0.2) is 11.5 Å². The minimum atomic E-state index is -3.61. The number of benzene rings is 1. The van der Waals surface area contributed by atoms with E-state index in [0.717, 1.165) is 0 Å². The Hall–Kier alpha value is -2.89. The Labute approximate surface area is 186 Å². The molecule has 10 nitrogen and oxygen atoms in total. The molecule has 2 aliphatic rings. The first kappa shape index (κ1) is 22.3. The molecule has 0 aliphatic carbocycles. The Balaban J connectivity index is 1.19. The van der Waals surface area contributed by atoms with E-state index in [4.69, 9.17) is 14.2 Å². The molecule has 3 heterocycles. The number of carbonyl (C=O) groups is 1. The second kappa shape index (κ2) is 9.72. The quantitative estimate of drug-likeness (QED) is 0.588. The van der Waals surface area contributed by atoms with E-state index in [1.54, 1.807) is 24.3 Å². The molecule has 2 N–H and O–H groups in total. The van der Waals surface area contributed by atoms with Crippen molar-refractivity contribution in [2.75, 3.05) is 33.0 Å². The standard InChI is InChI=1S/C21H25N3O7S/c25-16(13-29-17-3-4-19-20(10-17)31-14-30-19)11-23-21(26)15-5-8-24(9-6-15)32(27,28)18-2-1-7-22-12-18/h1-4,7,10,12,15-16,25H,5-6,8-9,11,13-14H2,(H,23,26). The molecule has 4 rings (SSSR count). The van der Waals surface area contributed by atoms with Crippen molar-refractivity contribution in [2.45, 2.75) is 23.8 Å². The Morgan fingerprint density at radius 3 is 2.78 bits per heavy atom. The van der Waals surface area contributed by atoms with E-state index in [2.05, 4.69) is 10.3 Å². The number of fused-ring (bicyclic) bond motifs is 1. The number of rotatable bonds is 8. The molecule has 1 saturated heterocycles. The summed E-state index contributed by atoms with van der Waals surface area (Å²) in [6.45, 7) is 0.719. The third-order valence-electron chi connectivity index (χ3n) is 5.40. The molecule has 1 aromatic carbocycles. The maximum absolute atomic E-state index is 12.7. The van der Waals surface area contributed by atoms with Crippen molar-refractivity contribution in [1.29, 1.82) is 0 Å². The number of hydrogen-bond acceptors (Lipinski definition) is 8. The van der Waals surface area contributed by atoms with E-state index in [1.165, 1.54) is 22.8 Å². The number of carbonyl (C=O) groups excluding carboxylic acids is 1. The molecule has 1 aromatic heterocycles. The molecule has 0 radical (unpaired) electrons. The summed E-state index contributed by atoms with van der Waals surface area (Å²) in [5.74, 6) is 1.25. The molecule has 0 bridgehead atoms. The first-order valence-electron chi connectivity index (χ1n) is 10.3. The highest BCUT2D eigenvalue weighted by atomic mass is 32.2. The second-order valence-electron chi connectivity index (χ2n) is 7.59. The lowest BCUT2D eigenvalue weighted by Crippen LogP contribution is -2.44. The third kappa shape index (κ3) is 5.12. The molecule has 172 valence electrons. The third-order valence-corrected chi connectivity index (χ3v) is 7.28. The van der Waals surface area contributed by atoms with Crippen molar-refractivity contribution in [3.05, 3.63) is 42.7 Å². The number of nitrogens with zero attached hydrogens (tertiary/aromatic N) is 2. The molecule has 1 amide bonds. The average molecular weight is 464 g/mol. The molecule has 11 heteroatoms. The van der Waals surface area contributed by atoms with Crippen LogP contribution in [0.15, 0.2) is 47.6 Å². The predicted octanol–water partition coefficient (Wildman–Crippen LogP) is 0.767. The van der Waals surface area contributed by atoms with Gasteiger partial charge in [0.1, 0.15) is 23.4 Å². The lowest BCUT2D eigenvalue weighted by molar-refractivity contribution is -0.126. The van der Waals surface area contributed by atoms with Gasteiger partial charge in [-0.1, -0.05) is 0 Å². The van der Waals surface area contributed by atoms with Crippen molar-refractivity contribution >= 4 is 15.9 Å². The number of ether oxygens (including phenoxy) is 3. The van der Waals surface area contributed by atoms with Crippen molar-refractivity contribution in [1.82, 2.24) is 14.6 Å². The predicted molar refractivity (Wildman–Crippen MR) is 113 cm³/mol. The van der Waals surface area contributed by atoms with Crippen LogP contribution in [0, 0.1) is 5.92 Å². The highest BCUT2D eigenvalue weighted by Gasteiger charge is 2.32. The molecule has 0 saturated carbocycles. The number of sulfonamides is 1. The highest BCUT2D eigenvalue weighted by Crippen LogP contribution is 2.35. The molecular weight excluding hydrogens is 438 g/mol. The second-order valence-corrected chi connectivity index (χ2v) is 9.53. The van der Waals surface area contributed by atoms with E-state index in [1.807, 2.05) is 0 Å². The zero-order valence-corrected chi connectivity index (χ0v) is 18.2. The zero-order chi connectivity index (χ0) is 22.6. The van der Waals surface area contributed by atoms with Gasteiger partial charge in [-0.3, -0.25) is 9.78 Å². The van der Waals surface area contributed by atoms with Crippen molar-refractivity contribution in [3.63, 3.8) is 0 Å². The molecule has 1 atom stereocenters. The lowest BCUT2D eigenvalue weighted by Gasteiger charge is -2.30. The molecule has 0 spiro atoms. The first-order chi connectivity index (χ1) is 15.4. The van der Waals surface area contributed by atoms with Gasteiger partial charge in [-0.05, 0) is 37.1 Å². The highest BCUT2D eigenvalue weighted by molar-refractivity contribution is 7.89. The smallest absolute Gasteiger partial charge is 0.244 e. The van der Waals surface area contributed by atoms with Gasteiger partial charge < -0.3 is 24.6 Å². The van der Waals surface area contributed by atoms with Crippen LogP contribution in [0.4, 0.5) is 0 Å². The van der Waals surface area contributed by atoms with Crippen molar-refractivity contribution in [3.8, 4) is 17.2 Å². The van der Waals surface area contributed by atoms with E-state index in [9.17, 15) is 18.3 Å². The van der Waals surface area contributed by atoms with Crippen LogP contribution >= 0.6 is 0 Å². The van der Waals surface area contributed by atoms with E-state index in [0.29, 0.717) is 30.1 Å². The summed E-state index contributed by atoms with van der Waals surface area (Å²) >= 11 is 0. The van der Waals surface area contributed by atoms with Gasteiger partial charge in [-0.25, -0.2) is 8.42 Å². The van der Waals surface area contributed by atoms with Gasteiger partial charge in [0.2, 0.25) is 22.7 Å². The number of nitrogens with one attached hydrogen (secondary N) is 1. The van der Waals surface area contributed by atoms with Crippen LogP contribution in [0.1, 0.15) is 12.8 Å². The van der Waals surface area contributed by atoms with Crippen LogP contribution in [0.2, 0.25) is 0 Å². The fourth-order valence-corrected chi connectivity index (χ4v) is 5.02. The molecule has 1 unspecified atom stereocenters. The fourth-order valence-electron chi connectivity index (χ4n) is 3.59. The molecule has 1 fully saturated rings. The fraction of sp³-hybridized carbons (Fsp3) is 0.429. The maximum atomic E-state index is 12.7. The summed E-state index contributed by atoms with van der Waals surface area (Å²) < 4.78 is 42.7. The summed E-state index contributed by atoms with van der Waals surface area (Å²) in [6.07, 6.45) is 2.77. The van der Waals surface area contributed by atoms with Crippen LogP contribution in [0.25, 0.3) is 0 Å². The maximum Gasteiger partial charge on any atom is 0.244 e. The number of aromatic nitrogens is 1. The molecular formula is C21H25N3O7S. The Bertz CT molecular complexity index is 1040. The summed E-state index contributed by atoms with van der Waals surface area (Å²) in [4.78, 5) is 16.5. The summed E-state index contributed by atoms with van der Waals surface area (Å²) in [5.41, 5.74) is 0. The zero-order valence-electron chi connectivity index (χ0n) is 17.3. The van der Waals surface area contributed by atoms with Crippen LogP contribution < -0.4 is 19.5 Å². The summed E-state index contributed by atoms with van der Waals surface area (Å²) in [6, 6.07) is 8.21. The normalized spacial score (nSPS) is 17.7. The number of piperidine rings is 1. The first-order valence-corrected chi connectivity index (χ1v) is 11.8. The summed E-state index contributed by atoms with van der Waals surface area (Å²) in [5, 5.41) is 12.9. The van der Waals surface area contributed by atoms with E-state index in [-0.39, 0.29) is 49.8 Å². The van der Waals surface area contributed by atoms with Gasteiger partial charge in [0.05, 0.1) is 0 Å². The minimum absolute atomic E-state index is 0.00171. The number of aliphatic hydroxyl groups is 1. The Kier molecular flexibility index (Phi) is 6.77. The molecule has 32 heavy (non-hydrogen) atoms. The largest absolute Gasteiger partial charge is 0.491 e. The molecule has 2 aromatic rings. The van der Waals surface area contributed by atoms with Gasteiger partial charge in [-0.2, -0.15) is 4.31 Å². The van der Waals surface area contributed by atoms with Crippen LogP contribution in [-0.4, -0.2) is 67.9 Å². The van der Waals surface area contributed by atoms with Crippen LogP contribution in [-0.2, 0) is 14.8 Å². The number of aliphatic hydroxyl groups excluding tert-OH is 1. The van der Waals surface area contributed by atoms with Crippen LogP contribution in [0.5, 0.6) is 17.2 Å². The topological polar surface area (TPSA) is 127 Å². The Morgan fingerprint density at radius 1 is 1.25 bits per heavy atom.